The molecule has 1 atom stereocenters. The van der Waals surface area contributed by atoms with Gasteiger partial charge >= 0.3 is 0 Å². The van der Waals surface area contributed by atoms with E-state index in [2.05, 4.69) is 15.2 Å². The molecular weight excluding hydrogens is 320 g/mol. The SMILES string of the molecule is CN=C(NCc1cc(C)oc1C)N1CCN(C(=O)C2CCCO2)CC1. The van der Waals surface area contributed by atoms with E-state index in [4.69, 9.17) is 9.15 Å². The fraction of sp³-hybridized carbons (Fsp3) is 0.667. The highest BCUT2D eigenvalue weighted by Crippen LogP contribution is 2.16. The van der Waals surface area contributed by atoms with Gasteiger partial charge in [-0.05, 0) is 32.8 Å². The van der Waals surface area contributed by atoms with Crippen molar-refractivity contribution in [3.8, 4) is 0 Å². The highest BCUT2D eigenvalue weighted by Gasteiger charge is 2.30. The summed E-state index contributed by atoms with van der Waals surface area (Å²) in [6.07, 6.45) is 1.61. The van der Waals surface area contributed by atoms with Crippen LogP contribution in [-0.4, -0.2) is 67.6 Å². The number of carbonyl (C=O) groups excluding carboxylic acids is 1. The van der Waals surface area contributed by atoms with Crippen LogP contribution in [-0.2, 0) is 16.1 Å². The number of amides is 1. The Morgan fingerprint density at radius 1 is 1.28 bits per heavy atom. The molecule has 2 aliphatic rings. The minimum atomic E-state index is -0.226. The minimum absolute atomic E-state index is 0.143. The zero-order valence-corrected chi connectivity index (χ0v) is 15.4. The molecule has 0 radical (unpaired) electrons. The highest BCUT2D eigenvalue weighted by molar-refractivity contribution is 5.82. The number of aryl methyl sites for hydroxylation is 2. The van der Waals surface area contributed by atoms with Crippen LogP contribution in [0.4, 0.5) is 0 Å². The van der Waals surface area contributed by atoms with Crippen LogP contribution in [0, 0.1) is 13.8 Å². The molecule has 2 fully saturated rings. The number of hydrogen-bond donors (Lipinski definition) is 1. The summed E-state index contributed by atoms with van der Waals surface area (Å²) >= 11 is 0. The van der Waals surface area contributed by atoms with Gasteiger partial charge in [-0.15, -0.1) is 0 Å². The lowest BCUT2D eigenvalue weighted by Gasteiger charge is -2.37. The summed E-state index contributed by atoms with van der Waals surface area (Å²) in [5.74, 6) is 2.87. The third-order valence-corrected chi connectivity index (χ3v) is 4.89. The Morgan fingerprint density at radius 3 is 2.56 bits per heavy atom. The van der Waals surface area contributed by atoms with E-state index in [1.807, 2.05) is 24.8 Å². The second-order valence-corrected chi connectivity index (χ2v) is 6.65. The van der Waals surface area contributed by atoms with Gasteiger partial charge in [0.2, 0.25) is 0 Å². The first-order valence-corrected chi connectivity index (χ1v) is 9.00. The molecule has 0 aliphatic carbocycles. The van der Waals surface area contributed by atoms with Crippen molar-refractivity contribution in [1.82, 2.24) is 15.1 Å². The maximum atomic E-state index is 12.4. The van der Waals surface area contributed by atoms with Crippen LogP contribution in [0.2, 0.25) is 0 Å². The predicted molar refractivity (Wildman–Crippen MR) is 95.5 cm³/mol. The molecule has 0 aromatic carbocycles. The lowest BCUT2D eigenvalue weighted by atomic mass is 10.2. The van der Waals surface area contributed by atoms with E-state index in [1.165, 1.54) is 0 Å². The van der Waals surface area contributed by atoms with Crippen LogP contribution in [0.25, 0.3) is 0 Å². The van der Waals surface area contributed by atoms with Crippen LogP contribution in [0.3, 0.4) is 0 Å². The topological polar surface area (TPSA) is 70.3 Å². The van der Waals surface area contributed by atoms with E-state index >= 15 is 0 Å². The molecule has 25 heavy (non-hydrogen) atoms. The number of aliphatic imine (C=N–C) groups is 1. The fourth-order valence-electron chi connectivity index (χ4n) is 3.48. The lowest BCUT2D eigenvalue weighted by molar-refractivity contribution is -0.142. The fourth-order valence-corrected chi connectivity index (χ4v) is 3.48. The molecule has 0 bridgehead atoms. The van der Waals surface area contributed by atoms with Gasteiger partial charge in [-0.2, -0.15) is 0 Å². The van der Waals surface area contributed by atoms with Crippen LogP contribution in [0.5, 0.6) is 0 Å². The largest absolute Gasteiger partial charge is 0.466 e. The van der Waals surface area contributed by atoms with E-state index in [0.29, 0.717) is 26.2 Å². The Morgan fingerprint density at radius 2 is 2.00 bits per heavy atom. The van der Waals surface area contributed by atoms with Crippen molar-refractivity contribution in [3.63, 3.8) is 0 Å². The molecule has 0 spiro atoms. The van der Waals surface area contributed by atoms with E-state index < -0.39 is 0 Å². The number of piperazine rings is 1. The molecule has 7 heteroatoms. The third-order valence-electron chi connectivity index (χ3n) is 4.89. The molecule has 7 nitrogen and oxygen atoms in total. The van der Waals surface area contributed by atoms with Gasteiger partial charge < -0.3 is 24.3 Å². The van der Waals surface area contributed by atoms with Gasteiger partial charge in [0.05, 0.1) is 0 Å². The average molecular weight is 348 g/mol. The van der Waals surface area contributed by atoms with Crippen molar-refractivity contribution >= 4 is 11.9 Å². The Kier molecular flexibility index (Phi) is 5.63. The maximum absolute atomic E-state index is 12.4. The molecular formula is C18H28N4O3. The number of rotatable bonds is 3. The summed E-state index contributed by atoms with van der Waals surface area (Å²) in [7, 11) is 1.79. The summed E-state index contributed by atoms with van der Waals surface area (Å²) in [6, 6.07) is 2.05. The molecule has 1 unspecified atom stereocenters. The highest BCUT2D eigenvalue weighted by atomic mass is 16.5. The van der Waals surface area contributed by atoms with Gasteiger partial charge in [-0.25, -0.2) is 0 Å². The standard InChI is InChI=1S/C18H28N4O3/c1-13-11-15(14(2)25-13)12-20-18(19-3)22-8-6-21(7-9-22)17(23)16-5-4-10-24-16/h11,16H,4-10,12H2,1-3H3,(H,19,20). The van der Waals surface area contributed by atoms with Crippen LogP contribution in [0.1, 0.15) is 29.9 Å². The van der Waals surface area contributed by atoms with Gasteiger partial charge in [-0.1, -0.05) is 0 Å². The number of guanidine groups is 1. The Bertz CT molecular complexity index is 626. The van der Waals surface area contributed by atoms with Crippen LogP contribution < -0.4 is 5.32 Å². The monoisotopic (exact) mass is 348 g/mol. The van der Waals surface area contributed by atoms with Crippen LogP contribution in [0.15, 0.2) is 15.5 Å². The quantitative estimate of drug-likeness (QED) is 0.658. The van der Waals surface area contributed by atoms with Gasteiger partial charge in [-0.3, -0.25) is 9.79 Å². The number of furan rings is 1. The summed E-state index contributed by atoms with van der Waals surface area (Å²) in [6.45, 7) is 8.30. The number of ether oxygens (including phenoxy) is 1. The zero-order chi connectivity index (χ0) is 17.8. The summed E-state index contributed by atoms with van der Waals surface area (Å²) < 4.78 is 11.1. The van der Waals surface area contributed by atoms with E-state index in [-0.39, 0.29) is 12.0 Å². The molecule has 1 aromatic heterocycles. The van der Waals surface area contributed by atoms with Gasteiger partial charge in [0.1, 0.15) is 17.6 Å². The normalized spacial score (nSPS) is 21.7. The van der Waals surface area contributed by atoms with Crippen molar-refractivity contribution in [2.24, 2.45) is 4.99 Å². The number of nitrogens with zero attached hydrogens (tertiary/aromatic N) is 3. The Balaban J connectivity index is 1.50. The van der Waals surface area contributed by atoms with Crippen molar-refractivity contribution in [2.45, 2.75) is 39.3 Å². The second kappa shape index (κ2) is 7.91. The number of nitrogens with one attached hydrogen (secondary N) is 1. The Hall–Kier alpha value is -2.02. The van der Waals surface area contributed by atoms with Crippen molar-refractivity contribution < 1.29 is 13.9 Å². The zero-order valence-electron chi connectivity index (χ0n) is 15.4. The summed E-state index contributed by atoms with van der Waals surface area (Å²) in [4.78, 5) is 20.9. The summed E-state index contributed by atoms with van der Waals surface area (Å²) in [5.41, 5.74) is 1.14. The predicted octanol–water partition coefficient (Wildman–Crippen LogP) is 1.30. The van der Waals surface area contributed by atoms with Crippen molar-refractivity contribution in [3.05, 3.63) is 23.2 Å². The number of hydrogen-bond acceptors (Lipinski definition) is 4. The first-order chi connectivity index (χ1) is 12.1. The molecule has 0 saturated carbocycles. The molecule has 1 N–H and O–H groups in total. The van der Waals surface area contributed by atoms with Gasteiger partial charge in [0.15, 0.2) is 5.96 Å². The average Bonchev–Trinajstić information content (AvgIpc) is 3.25. The smallest absolute Gasteiger partial charge is 0.251 e. The maximum Gasteiger partial charge on any atom is 0.251 e. The van der Waals surface area contributed by atoms with Crippen molar-refractivity contribution in [2.75, 3.05) is 39.8 Å². The van der Waals surface area contributed by atoms with E-state index in [1.54, 1.807) is 7.05 Å². The summed E-state index contributed by atoms with van der Waals surface area (Å²) in [5, 5.41) is 3.40. The molecule has 2 saturated heterocycles. The first-order valence-electron chi connectivity index (χ1n) is 9.00. The molecule has 1 aromatic rings. The van der Waals surface area contributed by atoms with Gasteiger partial charge in [0, 0.05) is 51.9 Å². The van der Waals surface area contributed by atoms with Crippen molar-refractivity contribution in [1.29, 1.82) is 0 Å². The van der Waals surface area contributed by atoms with E-state index in [0.717, 1.165) is 49.0 Å². The molecule has 138 valence electrons. The molecule has 1 amide bonds. The van der Waals surface area contributed by atoms with E-state index in [9.17, 15) is 4.79 Å². The molecule has 2 aliphatic heterocycles. The van der Waals surface area contributed by atoms with Gasteiger partial charge in [0.25, 0.3) is 5.91 Å². The molecule has 3 rings (SSSR count). The lowest BCUT2D eigenvalue weighted by Crippen LogP contribution is -2.55. The minimum Gasteiger partial charge on any atom is -0.466 e. The Labute approximate surface area is 149 Å². The third kappa shape index (κ3) is 4.15. The van der Waals surface area contributed by atoms with Crippen LogP contribution >= 0.6 is 0 Å². The first kappa shape index (κ1) is 17.8. The second-order valence-electron chi connectivity index (χ2n) is 6.65. The molecule has 3 heterocycles. The number of carbonyl (C=O) groups is 1.